The van der Waals surface area contributed by atoms with E-state index in [-0.39, 0.29) is 38.6 Å². The Hall–Kier alpha value is -2.12. The number of aliphatic carboxylic acids is 1. The molecule has 0 saturated carbocycles. The van der Waals surface area contributed by atoms with Gasteiger partial charge in [-0.2, -0.15) is 0 Å². The minimum absolute atomic E-state index is 0.168. The van der Waals surface area contributed by atoms with E-state index in [1.165, 1.54) is 0 Å². The lowest BCUT2D eigenvalue weighted by atomic mass is 9.77. The Balaban J connectivity index is 2.63. The molecule has 43 heavy (non-hydrogen) atoms. The summed E-state index contributed by atoms with van der Waals surface area (Å²) in [6, 6.07) is 8.52. The number of phenols is 1. The van der Waals surface area contributed by atoms with E-state index in [4.69, 9.17) is 9.84 Å². The van der Waals surface area contributed by atoms with Crippen molar-refractivity contribution in [1.29, 1.82) is 0 Å². The first-order valence-electron chi connectivity index (χ1n) is 15.2. The summed E-state index contributed by atoms with van der Waals surface area (Å²) in [4.78, 5) is 26.0. The first-order valence-corrected chi connectivity index (χ1v) is 16.8. The number of ether oxygens (including phenoxy) is 1. The van der Waals surface area contributed by atoms with Gasteiger partial charge in [-0.1, -0.05) is 83.1 Å². The Morgan fingerprint density at radius 1 is 0.674 bits per heavy atom. The van der Waals surface area contributed by atoms with Crippen molar-refractivity contribution in [3.05, 3.63) is 46.5 Å². The summed E-state index contributed by atoms with van der Waals surface area (Å²) in [7, 11) is 0. The zero-order chi connectivity index (χ0) is 33.3. The van der Waals surface area contributed by atoms with Crippen LogP contribution < -0.4 is 4.74 Å². The molecule has 2 aromatic rings. The van der Waals surface area contributed by atoms with E-state index in [0.29, 0.717) is 11.5 Å². The Labute approximate surface area is 269 Å². The lowest BCUT2D eigenvalue weighted by Crippen LogP contribution is -2.23. The van der Waals surface area contributed by atoms with Crippen molar-refractivity contribution in [3.8, 4) is 11.5 Å². The summed E-state index contributed by atoms with van der Waals surface area (Å²) in [5.74, 6) is -0.635. The van der Waals surface area contributed by atoms with Crippen LogP contribution in [0.3, 0.4) is 0 Å². The Morgan fingerprint density at radius 2 is 1.07 bits per heavy atom. The van der Waals surface area contributed by atoms with E-state index in [1.807, 2.05) is 0 Å². The Bertz CT molecular complexity index is 1300. The smallest absolute Gasteiger partial charge is 0.311 e. The molecule has 0 aliphatic carbocycles. The molecule has 2 aromatic carbocycles. The summed E-state index contributed by atoms with van der Waals surface area (Å²) >= 11 is 3.54. The van der Waals surface area contributed by atoms with Gasteiger partial charge in [0, 0.05) is 32.0 Å². The van der Waals surface area contributed by atoms with Gasteiger partial charge in [-0.05, 0) is 66.2 Å². The van der Waals surface area contributed by atoms with E-state index >= 15 is 0 Å². The highest BCUT2D eigenvalue weighted by atomic mass is 32.2. The number of carboxylic acids is 1. The van der Waals surface area contributed by atoms with E-state index in [9.17, 15) is 14.7 Å². The van der Waals surface area contributed by atoms with Gasteiger partial charge in [0.15, 0.2) is 0 Å². The van der Waals surface area contributed by atoms with Gasteiger partial charge in [0.1, 0.15) is 11.5 Å². The first-order chi connectivity index (χ1) is 19.3. The molecule has 0 spiro atoms. The lowest BCUT2D eigenvalue weighted by Gasteiger charge is -2.33. The third kappa shape index (κ3) is 9.94. The highest BCUT2D eigenvalue weighted by Crippen LogP contribution is 2.51. The van der Waals surface area contributed by atoms with Gasteiger partial charge in [-0.15, -0.1) is 23.5 Å². The summed E-state index contributed by atoms with van der Waals surface area (Å²) in [6.07, 6.45) is 0.469. The van der Waals surface area contributed by atoms with Crippen LogP contribution in [0, 0.1) is 0 Å². The van der Waals surface area contributed by atoms with E-state index in [1.54, 1.807) is 23.5 Å². The molecule has 0 saturated heterocycles. The van der Waals surface area contributed by atoms with Gasteiger partial charge in [0.05, 0.1) is 16.9 Å². The zero-order valence-corrected chi connectivity index (χ0v) is 30.5. The average Bonchev–Trinajstić information content (AvgIpc) is 2.81. The molecule has 0 radical (unpaired) electrons. The molecule has 0 amide bonds. The van der Waals surface area contributed by atoms with E-state index in [2.05, 4.69) is 121 Å². The molecular weight excluding hydrogens is 577 g/mol. The second-order valence-electron chi connectivity index (χ2n) is 15.7. The quantitative estimate of drug-likeness (QED) is 0.117. The van der Waals surface area contributed by atoms with Gasteiger partial charge >= 0.3 is 11.9 Å². The number of benzene rings is 2. The van der Waals surface area contributed by atoms with Crippen molar-refractivity contribution in [1.82, 2.24) is 0 Å². The van der Waals surface area contributed by atoms with Crippen LogP contribution >= 0.6 is 23.5 Å². The Kier molecular flexibility index (Phi) is 11.3. The fourth-order valence-corrected chi connectivity index (χ4v) is 7.38. The van der Waals surface area contributed by atoms with Crippen molar-refractivity contribution in [2.45, 2.75) is 152 Å². The monoisotopic (exact) mass is 630 g/mol. The predicted octanol–water partition coefficient (Wildman–Crippen LogP) is 10.4. The van der Waals surface area contributed by atoms with Crippen LogP contribution in [0.2, 0.25) is 0 Å². The summed E-state index contributed by atoms with van der Waals surface area (Å²) in [5.41, 5.74) is 2.73. The van der Waals surface area contributed by atoms with Crippen LogP contribution in [-0.4, -0.2) is 26.2 Å². The fourth-order valence-electron chi connectivity index (χ4n) is 4.79. The SMILES string of the molecule is CCC(C)(C)c1cc(SC(C)(C)Sc2cc(C(C)(C)C)c(OC(=O)CCC(=O)O)c(C(C)(C)C)c2)cc(C(C)(C)C)c1O. The average molecular weight is 631 g/mol. The third-order valence-corrected chi connectivity index (χ3v) is 10.1. The maximum absolute atomic E-state index is 12.7. The number of rotatable bonds is 10. The van der Waals surface area contributed by atoms with Crippen molar-refractivity contribution >= 4 is 35.5 Å². The number of aromatic hydroxyl groups is 1. The molecule has 2 rings (SSSR count). The first kappa shape index (κ1) is 37.1. The number of hydrogen-bond acceptors (Lipinski definition) is 6. The van der Waals surface area contributed by atoms with Crippen molar-refractivity contribution in [3.63, 3.8) is 0 Å². The summed E-state index contributed by atoms with van der Waals surface area (Å²) in [6.45, 7) is 29.9. The molecule has 2 N–H and O–H groups in total. The molecule has 5 nitrogen and oxygen atoms in total. The fraction of sp³-hybridized carbons (Fsp3) is 0.611. The molecule has 0 aliphatic heterocycles. The van der Waals surface area contributed by atoms with Crippen LogP contribution in [0.25, 0.3) is 0 Å². The van der Waals surface area contributed by atoms with Crippen LogP contribution in [-0.2, 0) is 31.2 Å². The van der Waals surface area contributed by atoms with Gasteiger partial charge in [0.25, 0.3) is 0 Å². The third-order valence-electron chi connectivity index (χ3n) is 7.67. The summed E-state index contributed by atoms with van der Waals surface area (Å²) < 4.78 is 5.66. The molecule has 0 aliphatic rings. The second kappa shape index (κ2) is 13.1. The zero-order valence-electron chi connectivity index (χ0n) is 28.9. The molecular formula is C36H54O5S2. The number of hydrogen-bond donors (Lipinski definition) is 2. The van der Waals surface area contributed by atoms with Crippen LogP contribution in [0.1, 0.15) is 138 Å². The number of thioether (sulfide) groups is 2. The lowest BCUT2D eigenvalue weighted by molar-refractivity contribution is -0.142. The van der Waals surface area contributed by atoms with Gasteiger partial charge in [-0.3, -0.25) is 9.59 Å². The molecule has 0 unspecified atom stereocenters. The molecule has 240 valence electrons. The number of carbonyl (C=O) groups excluding carboxylic acids is 1. The van der Waals surface area contributed by atoms with Crippen molar-refractivity contribution < 1.29 is 24.5 Å². The molecule has 0 bridgehead atoms. The maximum atomic E-state index is 12.7. The highest BCUT2D eigenvalue weighted by Gasteiger charge is 2.33. The standard InChI is InChI=1S/C36H54O5S2/c1-15-35(11,12)25-19-22(18-24(30(25)40)32(2,3)4)42-36(13,14)43-23-20-26(33(5,6)7)31(27(21-23)34(8,9)10)41-29(39)17-16-28(37)38/h18-21,40H,15-17H2,1-14H3,(H,37,38). The number of phenolic OH excluding ortho intramolecular Hbond substituents is 1. The van der Waals surface area contributed by atoms with Gasteiger partial charge in [-0.25, -0.2) is 0 Å². The van der Waals surface area contributed by atoms with Crippen molar-refractivity contribution in [2.24, 2.45) is 0 Å². The molecule has 0 fully saturated rings. The van der Waals surface area contributed by atoms with Crippen LogP contribution in [0.4, 0.5) is 0 Å². The normalized spacial score (nSPS) is 13.3. The predicted molar refractivity (Wildman–Crippen MR) is 182 cm³/mol. The largest absolute Gasteiger partial charge is 0.507 e. The van der Waals surface area contributed by atoms with E-state index < -0.39 is 11.9 Å². The van der Waals surface area contributed by atoms with E-state index in [0.717, 1.165) is 38.5 Å². The highest BCUT2D eigenvalue weighted by molar-refractivity contribution is 8.18. The van der Waals surface area contributed by atoms with Crippen LogP contribution in [0.15, 0.2) is 34.1 Å². The minimum atomic E-state index is -1.02. The number of carbonyl (C=O) groups is 2. The molecule has 7 heteroatoms. The minimum Gasteiger partial charge on any atom is -0.507 e. The molecule has 0 heterocycles. The van der Waals surface area contributed by atoms with Crippen molar-refractivity contribution in [2.75, 3.05) is 0 Å². The van der Waals surface area contributed by atoms with Gasteiger partial charge < -0.3 is 14.9 Å². The Morgan fingerprint density at radius 3 is 1.44 bits per heavy atom. The number of esters is 1. The maximum Gasteiger partial charge on any atom is 0.311 e. The molecule has 0 atom stereocenters. The summed E-state index contributed by atoms with van der Waals surface area (Å²) in [5, 5.41) is 20.4. The molecule has 0 aromatic heterocycles. The van der Waals surface area contributed by atoms with Crippen LogP contribution in [0.5, 0.6) is 11.5 Å². The number of carboxylic acid groups (broad SMARTS) is 1. The van der Waals surface area contributed by atoms with Gasteiger partial charge in [0.2, 0.25) is 0 Å². The second-order valence-corrected chi connectivity index (χ2v) is 19.3. The topological polar surface area (TPSA) is 83.8 Å².